The molecule has 164 valence electrons. The second kappa shape index (κ2) is 7.12. The molecule has 3 aromatic carbocycles. The lowest BCUT2D eigenvalue weighted by Crippen LogP contribution is -2.34. The molecule has 1 unspecified atom stereocenters. The molecule has 1 atom stereocenters. The van der Waals surface area contributed by atoms with Crippen molar-refractivity contribution in [1.29, 1.82) is 0 Å². The van der Waals surface area contributed by atoms with Crippen molar-refractivity contribution in [3.05, 3.63) is 75.8 Å². The summed E-state index contributed by atoms with van der Waals surface area (Å²) in [6.45, 7) is 0. The predicted octanol–water partition coefficient (Wildman–Crippen LogP) is 7.13. The number of phenols is 2. The number of ether oxygens (including phenoxy) is 2. The van der Waals surface area contributed by atoms with Gasteiger partial charge in [-0.2, -0.15) is 0 Å². The Labute approximate surface area is 210 Å². The SMILES string of the molecule is O=C1OC2(c3ccc(O)cc3Oc3c(Br)c(O)c(Br)c(Br)c32)c2c(Br)c(F)c(F)c(F)c21. The number of halogens is 7. The molecule has 1 spiro atoms. The van der Waals surface area contributed by atoms with Crippen LogP contribution in [-0.2, 0) is 10.3 Å². The maximum absolute atomic E-state index is 14.8. The fourth-order valence-electron chi connectivity index (χ4n) is 3.93. The van der Waals surface area contributed by atoms with Gasteiger partial charge in [-0.3, -0.25) is 0 Å². The van der Waals surface area contributed by atoms with Crippen molar-refractivity contribution in [2.24, 2.45) is 0 Å². The number of aromatic hydroxyl groups is 2. The monoisotopic (exact) mass is 698 g/mol. The third-order valence-electron chi connectivity index (χ3n) is 5.23. The van der Waals surface area contributed by atoms with E-state index in [2.05, 4.69) is 63.7 Å². The summed E-state index contributed by atoms with van der Waals surface area (Å²) in [5.74, 6) is -6.92. The van der Waals surface area contributed by atoms with Gasteiger partial charge in [0.15, 0.2) is 28.8 Å². The van der Waals surface area contributed by atoms with Crippen LogP contribution in [0, 0.1) is 17.5 Å². The van der Waals surface area contributed by atoms with E-state index in [1.165, 1.54) is 18.2 Å². The van der Waals surface area contributed by atoms with Crippen LogP contribution in [0.5, 0.6) is 23.0 Å². The summed E-state index contributed by atoms with van der Waals surface area (Å²) >= 11 is 12.7. The summed E-state index contributed by atoms with van der Waals surface area (Å²) in [4.78, 5) is 12.9. The molecule has 0 radical (unpaired) electrons. The van der Waals surface area contributed by atoms with E-state index in [0.29, 0.717) is 0 Å². The van der Waals surface area contributed by atoms with Crippen LogP contribution < -0.4 is 4.74 Å². The van der Waals surface area contributed by atoms with Crippen molar-refractivity contribution in [3.8, 4) is 23.0 Å². The van der Waals surface area contributed by atoms with Gasteiger partial charge >= 0.3 is 5.97 Å². The first-order valence-corrected chi connectivity index (χ1v) is 11.7. The van der Waals surface area contributed by atoms with E-state index in [4.69, 9.17) is 9.47 Å². The standard InChI is InChI=1S/C20H5Br4F3O5/c21-10-9-18(13(24)17(29)12(10)23)31-6-3-4(28)1-2-5(6)20(9)8-7(19(30)32-20)14(25)16(27)15(26)11(8)22/h1-3,28-29H. The Kier molecular flexibility index (Phi) is 4.90. The second-order valence-corrected chi connectivity index (χ2v) is 10.0. The summed E-state index contributed by atoms with van der Waals surface area (Å²) in [7, 11) is 0. The highest BCUT2D eigenvalue weighted by Gasteiger charge is 2.58. The fourth-order valence-corrected chi connectivity index (χ4v) is 6.37. The lowest BCUT2D eigenvalue weighted by Gasteiger charge is -2.38. The summed E-state index contributed by atoms with van der Waals surface area (Å²) in [6.07, 6.45) is 0. The van der Waals surface area contributed by atoms with Crippen LogP contribution >= 0.6 is 63.7 Å². The highest BCUT2D eigenvalue weighted by Crippen LogP contribution is 2.64. The molecule has 2 heterocycles. The smallest absolute Gasteiger partial charge is 0.343 e. The Morgan fingerprint density at radius 2 is 1.53 bits per heavy atom. The summed E-state index contributed by atoms with van der Waals surface area (Å²) in [5.41, 5.74) is -3.00. The first kappa shape index (κ1) is 22.1. The van der Waals surface area contributed by atoms with Gasteiger partial charge in [0.25, 0.3) is 0 Å². The zero-order valence-electron chi connectivity index (χ0n) is 15.0. The third kappa shape index (κ3) is 2.57. The molecular weight excluding hydrogens is 697 g/mol. The van der Waals surface area contributed by atoms with Crippen LogP contribution in [0.4, 0.5) is 13.2 Å². The quantitative estimate of drug-likeness (QED) is 0.148. The van der Waals surface area contributed by atoms with Crippen LogP contribution in [0.15, 0.2) is 36.1 Å². The average molecular weight is 702 g/mol. The minimum absolute atomic E-state index is 0.0236. The highest BCUT2D eigenvalue weighted by molar-refractivity contribution is 9.13. The number of fused-ring (bicyclic) bond motifs is 6. The number of rotatable bonds is 0. The Balaban J connectivity index is 2.05. The van der Waals surface area contributed by atoms with Crippen molar-refractivity contribution in [2.45, 2.75) is 5.60 Å². The molecule has 0 bridgehead atoms. The lowest BCUT2D eigenvalue weighted by atomic mass is 9.77. The van der Waals surface area contributed by atoms with Gasteiger partial charge in [0.2, 0.25) is 0 Å². The lowest BCUT2D eigenvalue weighted by molar-refractivity contribution is 0.0217. The Bertz CT molecular complexity index is 1410. The van der Waals surface area contributed by atoms with Crippen LogP contribution in [0.25, 0.3) is 0 Å². The maximum atomic E-state index is 14.8. The molecule has 5 nitrogen and oxygen atoms in total. The van der Waals surface area contributed by atoms with Gasteiger partial charge in [0, 0.05) is 21.7 Å². The topological polar surface area (TPSA) is 76.0 Å². The zero-order valence-corrected chi connectivity index (χ0v) is 21.3. The second-order valence-electron chi connectivity index (χ2n) is 6.85. The number of esters is 1. The highest BCUT2D eigenvalue weighted by atomic mass is 79.9. The van der Waals surface area contributed by atoms with E-state index >= 15 is 0 Å². The largest absolute Gasteiger partial charge is 0.508 e. The van der Waals surface area contributed by atoms with Crippen molar-refractivity contribution in [3.63, 3.8) is 0 Å². The summed E-state index contributed by atoms with van der Waals surface area (Å²) in [5, 5.41) is 20.4. The molecule has 32 heavy (non-hydrogen) atoms. The Hall–Kier alpha value is -1.76. The third-order valence-corrected chi connectivity index (χ3v) is 8.81. The predicted molar refractivity (Wildman–Crippen MR) is 119 cm³/mol. The van der Waals surface area contributed by atoms with E-state index in [0.717, 1.165) is 0 Å². The first-order chi connectivity index (χ1) is 15.0. The molecule has 0 saturated heterocycles. The van der Waals surface area contributed by atoms with Gasteiger partial charge in [0.05, 0.1) is 14.5 Å². The number of carbonyl (C=O) groups excluding carboxylic acids is 1. The van der Waals surface area contributed by atoms with Crippen molar-refractivity contribution >= 4 is 69.7 Å². The summed E-state index contributed by atoms with van der Waals surface area (Å²) in [6, 6.07) is 3.82. The first-order valence-electron chi connectivity index (χ1n) is 8.53. The van der Waals surface area contributed by atoms with Gasteiger partial charge in [-0.15, -0.1) is 0 Å². The molecule has 12 heteroatoms. The Morgan fingerprint density at radius 1 is 0.844 bits per heavy atom. The van der Waals surface area contributed by atoms with E-state index in [9.17, 15) is 28.2 Å². The van der Waals surface area contributed by atoms with Crippen molar-refractivity contribution < 1.29 is 37.7 Å². The Morgan fingerprint density at radius 3 is 2.22 bits per heavy atom. The fraction of sp³-hybridized carbons (Fsp3) is 0.0500. The molecule has 0 aliphatic carbocycles. The van der Waals surface area contributed by atoms with E-state index in [1.807, 2.05) is 0 Å². The number of benzene rings is 3. The van der Waals surface area contributed by atoms with E-state index < -0.39 is 39.1 Å². The van der Waals surface area contributed by atoms with Crippen LogP contribution in [0.3, 0.4) is 0 Å². The molecule has 0 saturated carbocycles. The van der Waals surface area contributed by atoms with Crippen LogP contribution in [-0.4, -0.2) is 16.2 Å². The minimum Gasteiger partial charge on any atom is -0.508 e. The average Bonchev–Trinajstić information content (AvgIpc) is 3.05. The molecule has 0 aromatic heterocycles. The van der Waals surface area contributed by atoms with Gasteiger partial charge in [0.1, 0.15) is 27.3 Å². The van der Waals surface area contributed by atoms with E-state index in [-0.39, 0.29) is 53.1 Å². The molecule has 5 rings (SSSR count). The minimum atomic E-state index is -2.03. The maximum Gasteiger partial charge on any atom is 0.343 e. The number of phenolic OH excluding ortho intramolecular Hbond substituents is 2. The molecule has 0 amide bonds. The zero-order chi connectivity index (χ0) is 23.3. The van der Waals surface area contributed by atoms with Gasteiger partial charge < -0.3 is 19.7 Å². The summed E-state index contributed by atoms with van der Waals surface area (Å²) < 4.78 is 55.0. The van der Waals surface area contributed by atoms with Crippen LogP contribution in [0.2, 0.25) is 0 Å². The van der Waals surface area contributed by atoms with Gasteiger partial charge in [-0.05, 0) is 75.9 Å². The molecular formula is C20H5Br4F3O5. The van der Waals surface area contributed by atoms with Gasteiger partial charge in [-0.1, -0.05) is 0 Å². The van der Waals surface area contributed by atoms with E-state index in [1.54, 1.807) is 0 Å². The molecule has 0 fully saturated rings. The normalized spacial score (nSPS) is 18.2. The van der Waals surface area contributed by atoms with Crippen molar-refractivity contribution in [1.82, 2.24) is 0 Å². The number of hydrogen-bond acceptors (Lipinski definition) is 5. The van der Waals surface area contributed by atoms with Crippen molar-refractivity contribution in [2.75, 3.05) is 0 Å². The molecule has 2 N–H and O–H groups in total. The molecule has 3 aromatic rings. The number of hydrogen-bond donors (Lipinski definition) is 2. The van der Waals surface area contributed by atoms with Crippen LogP contribution in [0.1, 0.15) is 27.0 Å². The molecule has 2 aliphatic heterocycles. The molecule has 2 aliphatic rings. The number of carbonyl (C=O) groups is 1. The van der Waals surface area contributed by atoms with Gasteiger partial charge in [-0.25, -0.2) is 18.0 Å².